The molecule has 9 heavy (non-hydrogen) atoms. The molecule has 0 fully saturated rings. The van der Waals surface area contributed by atoms with Crippen molar-refractivity contribution in [1.82, 2.24) is 4.98 Å². The molecule has 0 radical (unpaired) electrons. The molecule has 44 valence electrons. The average molecular weight is 136 g/mol. The van der Waals surface area contributed by atoms with Gasteiger partial charge in [0.25, 0.3) is 0 Å². The summed E-state index contributed by atoms with van der Waals surface area (Å²) in [6, 6.07) is 1.92. The summed E-state index contributed by atoms with van der Waals surface area (Å²) >= 11 is 1.27. The van der Waals surface area contributed by atoms with Crippen LogP contribution in [0.5, 0.6) is 0 Å². The second-order valence-electron chi connectivity index (χ2n) is 1.50. The summed E-state index contributed by atoms with van der Waals surface area (Å²) in [5, 5.41) is 9.36. The van der Waals surface area contributed by atoms with Crippen molar-refractivity contribution < 1.29 is 0 Å². The molecular weight excluding hydrogens is 132 g/mol. The highest BCUT2D eigenvalue weighted by Crippen LogP contribution is 1.88. The van der Waals surface area contributed by atoms with Gasteiger partial charge in [0.05, 0.1) is 5.35 Å². The molecule has 3 heteroatoms. The lowest BCUT2D eigenvalue weighted by Crippen LogP contribution is -2.16. The number of hydrogen-bond acceptors (Lipinski definition) is 3. The number of thiazole rings is 1. The lowest BCUT2D eigenvalue weighted by molar-refractivity contribution is 1.29. The molecule has 1 aromatic rings. The first-order valence-electron chi connectivity index (χ1n) is 2.29. The molecule has 0 saturated carbocycles. The van der Waals surface area contributed by atoms with E-state index in [1.165, 1.54) is 11.3 Å². The van der Waals surface area contributed by atoms with Crippen LogP contribution in [0.2, 0.25) is 0 Å². The first-order valence-corrected chi connectivity index (χ1v) is 3.10. The molecule has 0 aliphatic rings. The Balaban J connectivity index is 3.52. The Morgan fingerprint density at radius 1 is 1.56 bits per heavy atom. The van der Waals surface area contributed by atoms with Gasteiger partial charge in [-0.2, -0.15) is 5.26 Å². The predicted molar refractivity (Wildman–Crippen MR) is 37.1 cm³/mol. The van der Waals surface area contributed by atoms with Crippen LogP contribution in [0.25, 0.3) is 13.2 Å². The number of rotatable bonds is 0. The van der Waals surface area contributed by atoms with Crippen LogP contribution in [0.4, 0.5) is 0 Å². The Kier molecular flexibility index (Phi) is 1.33. The largest absolute Gasteiger partial charge is 0.226 e. The lowest BCUT2D eigenvalue weighted by atomic mass is 10.7. The van der Waals surface area contributed by atoms with Gasteiger partial charge in [0.15, 0.2) is 5.01 Å². The fraction of sp³-hybridized carbons (Fsp3) is 0. The Morgan fingerprint density at radius 3 is 2.44 bits per heavy atom. The Morgan fingerprint density at radius 2 is 2.22 bits per heavy atom. The summed E-state index contributed by atoms with van der Waals surface area (Å²) in [5.41, 5.74) is 0. The molecule has 0 bridgehead atoms. The molecule has 0 amide bonds. The van der Waals surface area contributed by atoms with E-state index in [1.54, 1.807) is 0 Å². The zero-order valence-corrected chi connectivity index (χ0v) is 5.53. The Labute approximate surface area is 56.4 Å². The minimum absolute atomic E-state index is 0.435. The third-order valence-electron chi connectivity index (χ3n) is 0.874. The first kappa shape index (κ1) is 5.99. The fourth-order valence-corrected chi connectivity index (χ4v) is 1.03. The molecule has 2 nitrogen and oxygen atoms in total. The quantitative estimate of drug-likeness (QED) is 0.496. The molecule has 0 atom stereocenters. The topological polar surface area (TPSA) is 36.7 Å². The summed E-state index contributed by atoms with van der Waals surface area (Å²) in [5.74, 6) is 0. The van der Waals surface area contributed by atoms with Gasteiger partial charge in [-0.1, -0.05) is 13.2 Å². The van der Waals surface area contributed by atoms with Gasteiger partial charge in [-0.25, -0.2) is 4.98 Å². The highest BCUT2D eigenvalue weighted by atomic mass is 32.1. The van der Waals surface area contributed by atoms with Gasteiger partial charge in [-0.3, -0.25) is 0 Å². The SMILES string of the molecule is C=c1nc(C#N)sc1=C. The summed E-state index contributed by atoms with van der Waals surface area (Å²) in [4.78, 5) is 3.81. The van der Waals surface area contributed by atoms with Crippen LogP contribution >= 0.6 is 11.3 Å². The van der Waals surface area contributed by atoms with E-state index >= 15 is 0 Å². The van der Waals surface area contributed by atoms with E-state index < -0.39 is 0 Å². The number of nitriles is 1. The van der Waals surface area contributed by atoms with E-state index in [2.05, 4.69) is 18.1 Å². The van der Waals surface area contributed by atoms with Crippen molar-refractivity contribution in [1.29, 1.82) is 5.26 Å². The Bertz CT molecular complexity index is 317. The zero-order valence-electron chi connectivity index (χ0n) is 4.72. The lowest BCUT2D eigenvalue weighted by Gasteiger charge is -1.63. The van der Waals surface area contributed by atoms with Crippen molar-refractivity contribution in [3.05, 3.63) is 14.9 Å². The number of nitrogens with zero attached hydrogens (tertiary/aromatic N) is 2. The predicted octanol–water partition coefficient (Wildman–Crippen LogP) is -0.165. The van der Waals surface area contributed by atoms with Crippen LogP contribution < -0.4 is 9.88 Å². The van der Waals surface area contributed by atoms with Gasteiger partial charge in [0, 0.05) is 4.53 Å². The maximum Gasteiger partial charge on any atom is 0.195 e. The van der Waals surface area contributed by atoms with Crippen molar-refractivity contribution in [3.63, 3.8) is 0 Å². The van der Waals surface area contributed by atoms with Gasteiger partial charge in [-0.05, 0) is 0 Å². The molecule has 0 spiro atoms. The second-order valence-corrected chi connectivity index (χ2v) is 2.58. The molecular formula is C6H4N2S. The highest BCUT2D eigenvalue weighted by molar-refractivity contribution is 7.09. The van der Waals surface area contributed by atoms with Crippen LogP contribution in [0.15, 0.2) is 0 Å². The third-order valence-corrected chi connectivity index (χ3v) is 1.73. The van der Waals surface area contributed by atoms with Crippen molar-refractivity contribution in [3.8, 4) is 6.07 Å². The molecule has 0 saturated heterocycles. The molecule has 1 rings (SSSR count). The molecule has 0 unspecified atom stereocenters. The number of aromatic nitrogens is 1. The molecule has 0 aliphatic heterocycles. The van der Waals surface area contributed by atoms with E-state index in [9.17, 15) is 0 Å². The van der Waals surface area contributed by atoms with Crippen LogP contribution in [-0.2, 0) is 0 Å². The molecule has 0 N–H and O–H groups in total. The second kappa shape index (κ2) is 2.00. The summed E-state index contributed by atoms with van der Waals surface area (Å²) in [7, 11) is 0. The molecule has 1 aromatic heterocycles. The third kappa shape index (κ3) is 0.980. The van der Waals surface area contributed by atoms with Crippen molar-refractivity contribution in [2.45, 2.75) is 0 Å². The summed E-state index contributed by atoms with van der Waals surface area (Å²) < 4.78 is 0.770. The highest BCUT2D eigenvalue weighted by Gasteiger charge is 1.91. The van der Waals surface area contributed by atoms with Crippen molar-refractivity contribution in [2.75, 3.05) is 0 Å². The minimum Gasteiger partial charge on any atom is -0.226 e. The normalized spacial score (nSPS) is 8.78. The van der Waals surface area contributed by atoms with Crippen LogP contribution in [0.3, 0.4) is 0 Å². The van der Waals surface area contributed by atoms with Crippen molar-refractivity contribution >= 4 is 24.5 Å². The standard InChI is InChI=1S/C6H4N2S/c1-4-5(2)9-6(3-7)8-4/h1-2H2. The van der Waals surface area contributed by atoms with Gasteiger partial charge in [0.1, 0.15) is 6.07 Å². The summed E-state index contributed by atoms with van der Waals surface area (Å²) in [6.45, 7) is 7.21. The van der Waals surface area contributed by atoms with E-state index in [0.717, 1.165) is 4.53 Å². The van der Waals surface area contributed by atoms with E-state index in [0.29, 0.717) is 10.4 Å². The number of hydrogen-bond donors (Lipinski definition) is 0. The van der Waals surface area contributed by atoms with Gasteiger partial charge in [0.2, 0.25) is 0 Å². The monoisotopic (exact) mass is 136 g/mol. The van der Waals surface area contributed by atoms with Crippen LogP contribution in [0, 0.1) is 11.3 Å². The fourth-order valence-electron chi connectivity index (χ4n) is 0.431. The molecule has 1 heterocycles. The van der Waals surface area contributed by atoms with Gasteiger partial charge < -0.3 is 0 Å². The van der Waals surface area contributed by atoms with Gasteiger partial charge in [-0.15, -0.1) is 11.3 Å². The van der Waals surface area contributed by atoms with E-state index in [1.807, 2.05) is 6.07 Å². The average Bonchev–Trinajstić information content (AvgIpc) is 2.13. The first-order chi connectivity index (χ1) is 4.24. The maximum absolute atomic E-state index is 8.32. The van der Waals surface area contributed by atoms with Crippen molar-refractivity contribution in [2.24, 2.45) is 0 Å². The van der Waals surface area contributed by atoms with E-state index in [-0.39, 0.29) is 0 Å². The summed E-state index contributed by atoms with van der Waals surface area (Å²) in [6.07, 6.45) is 0. The van der Waals surface area contributed by atoms with Crippen LogP contribution in [0.1, 0.15) is 5.01 Å². The minimum atomic E-state index is 0.435. The van der Waals surface area contributed by atoms with Crippen LogP contribution in [-0.4, -0.2) is 4.98 Å². The Hall–Kier alpha value is -1.14. The van der Waals surface area contributed by atoms with E-state index in [4.69, 9.17) is 5.26 Å². The zero-order chi connectivity index (χ0) is 6.85. The molecule has 0 aliphatic carbocycles. The molecule has 0 aromatic carbocycles. The maximum atomic E-state index is 8.32. The smallest absolute Gasteiger partial charge is 0.195 e. The van der Waals surface area contributed by atoms with Gasteiger partial charge >= 0.3 is 0 Å².